The topological polar surface area (TPSA) is 49.9 Å². The molecule has 1 saturated heterocycles. The monoisotopic (exact) mass is 276 g/mol. The number of nitrogens with zero attached hydrogens (tertiary/aromatic N) is 2. The van der Waals surface area contributed by atoms with Gasteiger partial charge in [0.2, 0.25) is 5.91 Å². The molecule has 0 bridgehead atoms. The summed E-state index contributed by atoms with van der Waals surface area (Å²) in [5, 5.41) is 0. The van der Waals surface area contributed by atoms with E-state index in [0.29, 0.717) is 25.4 Å². The molecule has 1 aliphatic rings. The van der Waals surface area contributed by atoms with E-state index >= 15 is 0 Å². The summed E-state index contributed by atoms with van der Waals surface area (Å²) in [5.41, 5.74) is 0. The third-order valence-electron chi connectivity index (χ3n) is 3.40. The number of ether oxygens (including phenoxy) is 1. The first-order valence-corrected chi connectivity index (χ1v) is 6.88. The normalized spacial score (nSPS) is 15.7. The highest BCUT2D eigenvalue weighted by molar-refractivity contribution is 5.78. The lowest BCUT2D eigenvalue weighted by Gasteiger charge is -2.21. The summed E-state index contributed by atoms with van der Waals surface area (Å²) in [4.78, 5) is 27.0. The lowest BCUT2D eigenvalue weighted by molar-refractivity contribution is -0.134. The lowest BCUT2D eigenvalue weighted by atomic mass is 10.3. The van der Waals surface area contributed by atoms with E-state index in [9.17, 15) is 9.59 Å². The SMILES string of the molecule is CC(=O)N1CCCN(C(=O)COc2ccccc2)CC1. The van der Waals surface area contributed by atoms with Crippen LogP contribution in [-0.2, 0) is 9.59 Å². The maximum absolute atomic E-state index is 12.1. The zero-order valence-electron chi connectivity index (χ0n) is 11.7. The number of amides is 2. The molecular formula is C15H20N2O3. The Morgan fingerprint density at radius 2 is 1.70 bits per heavy atom. The number of hydrogen-bond donors (Lipinski definition) is 0. The summed E-state index contributed by atoms with van der Waals surface area (Å²) in [5.74, 6) is 0.736. The van der Waals surface area contributed by atoms with Crippen LogP contribution in [0.4, 0.5) is 0 Å². The molecule has 0 N–H and O–H groups in total. The second kappa shape index (κ2) is 6.93. The van der Waals surface area contributed by atoms with E-state index in [0.717, 1.165) is 13.0 Å². The van der Waals surface area contributed by atoms with E-state index in [4.69, 9.17) is 4.74 Å². The van der Waals surface area contributed by atoms with Crippen molar-refractivity contribution in [3.05, 3.63) is 30.3 Å². The summed E-state index contributed by atoms with van der Waals surface area (Å²) in [6, 6.07) is 9.30. The fourth-order valence-corrected chi connectivity index (χ4v) is 2.23. The Kier molecular flexibility index (Phi) is 4.98. The average molecular weight is 276 g/mol. The van der Waals surface area contributed by atoms with Gasteiger partial charge in [0.25, 0.3) is 5.91 Å². The zero-order chi connectivity index (χ0) is 14.4. The average Bonchev–Trinajstić information content (AvgIpc) is 2.72. The van der Waals surface area contributed by atoms with Crippen LogP contribution < -0.4 is 4.74 Å². The Labute approximate surface area is 119 Å². The van der Waals surface area contributed by atoms with Gasteiger partial charge in [0.1, 0.15) is 5.75 Å². The van der Waals surface area contributed by atoms with Gasteiger partial charge in [-0.05, 0) is 18.6 Å². The molecule has 2 amide bonds. The Hall–Kier alpha value is -2.04. The van der Waals surface area contributed by atoms with Crippen LogP contribution in [0.25, 0.3) is 0 Å². The smallest absolute Gasteiger partial charge is 0.260 e. The van der Waals surface area contributed by atoms with E-state index in [2.05, 4.69) is 0 Å². The van der Waals surface area contributed by atoms with Crippen LogP contribution >= 0.6 is 0 Å². The van der Waals surface area contributed by atoms with E-state index in [1.807, 2.05) is 30.3 Å². The van der Waals surface area contributed by atoms with Crippen LogP contribution in [0.3, 0.4) is 0 Å². The van der Waals surface area contributed by atoms with Crippen LogP contribution in [-0.4, -0.2) is 54.4 Å². The van der Waals surface area contributed by atoms with Crippen molar-refractivity contribution in [2.75, 3.05) is 32.8 Å². The van der Waals surface area contributed by atoms with Crippen LogP contribution in [0.5, 0.6) is 5.75 Å². The first kappa shape index (κ1) is 14.4. The molecule has 0 unspecified atom stereocenters. The minimum atomic E-state index is -0.0285. The Morgan fingerprint density at radius 3 is 2.40 bits per heavy atom. The second-order valence-electron chi connectivity index (χ2n) is 4.84. The van der Waals surface area contributed by atoms with Gasteiger partial charge in [-0.2, -0.15) is 0 Å². The molecular weight excluding hydrogens is 256 g/mol. The molecule has 0 aliphatic carbocycles. The standard InChI is InChI=1S/C15H20N2O3/c1-13(18)16-8-5-9-17(11-10-16)15(19)12-20-14-6-3-2-4-7-14/h2-4,6-7H,5,8-12H2,1H3. The van der Waals surface area contributed by atoms with Crippen LogP contribution in [0.15, 0.2) is 30.3 Å². The summed E-state index contributed by atoms with van der Waals surface area (Å²) in [7, 11) is 0. The molecule has 20 heavy (non-hydrogen) atoms. The highest BCUT2D eigenvalue weighted by Crippen LogP contribution is 2.09. The summed E-state index contributed by atoms with van der Waals surface area (Å²) in [6.07, 6.45) is 0.816. The number of rotatable bonds is 3. The predicted molar refractivity (Wildman–Crippen MR) is 75.4 cm³/mol. The molecule has 108 valence electrons. The molecule has 1 aromatic rings. The molecule has 0 atom stereocenters. The molecule has 1 aromatic carbocycles. The first-order chi connectivity index (χ1) is 9.66. The van der Waals surface area contributed by atoms with Gasteiger partial charge < -0.3 is 14.5 Å². The van der Waals surface area contributed by atoms with Gasteiger partial charge in [-0.3, -0.25) is 9.59 Å². The predicted octanol–water partition coefficient (Wildman–Crippen LogP) is 1.15. The van der Waals surface area contributed by atoms with E-state index < -0.39 is 0 Å². The van der Waals surface area contributed by atoms with Gasteiger partial charge in [0, 0.05) is 33.1 Å². The van der Waals surface area contributed by atoms with Crippen LogP contribution in [0.2, 0.25) is 0 Å². The Balaban J connectivity index is 1.82. The zero-order valence-corrected chi connectivity index (χ0v) is 11.7. The van der Waals surface area contributed by atoms with Crippen LogP contribution in [0, 0.1) is 0 Å². The van der Waals surface area contributed by atoms with Crippen molar-refractivity contribution in [3.8, 4) is 5.75 Å². The fourth-order valence-electron chi connectivity index (χ4n) is 2.23. The van der Waals surface area contributed by atoms with E-state index in [1.54, 1.807) is 16.7 Å². The van der Waals surface area contributed by atoms with Crippen molar-refractivity contribution < 1.29 is 14.3 Å². The minimum absolute atomic E-state index is 0.0285. The highest BCUT2D eigenvalue weighted by Gasteiger charge is 2.20. The van der Waals surface area contributed by atoms with Crippen molar-refractivity contribution >= 4 is 11.8 Å². The second-order valence-corrected chi connectivity index (χ2v) is 4.84. The summed E-state index contributed by atoms with van der Waals surface area (Å²) in [6.45, 7) is 4.20. The number of benzene rings is 1. The Morgan fingerprint density at radius 1 is 1.05 bits per heavy atom. The van der Waals surface area contributed by atoms with E-state index in [1.165, 1.54) is 0 Å². The van der Waals surface area contributed by atoms with Crippen molar-refractivity contribution in [1.82, 2.24) is 9.80 Å². The molecule has 0 saturated carbocycles. The molecule has 2 rings (SSSR count). The van der Waals surface area contributed by atoms with Gasteiger partial charge in [-0.25, -0.2) is 0 Å². The number of para-hydroxylation sites is 1. The van der Waals surface area contributed by atoms with Gasteiger partial charge in [-0.1, -0.05) is 18.2 Å². The van der Waals surface area contributed by atoms with Gasteiger partial charge in [0.15, 0.2) is 6.61 Å². The fraction of sp³-hybridized carbons (Fsp3) is 0.467. The number of carbonyl (C=O) groups is 2. The summed E-state index contributed by atoms with van der Waals surface area (Å²) < 4.78 is 5.46. The molecule has 1 aliphatic heterocycles. The molecule has 0 radical (unpaired) electrons. The maximum Gasteiger partial charge on any atom is 0.260 e. The quantitative estimate of drug-likeness (QED) is 0.832. The van der Waals surface area contributed by atoms with Crippen molar-refractivity contribution in [3.63, 3.8) is 0 Å². The number of carbonyl (C=O) groups excluding carboxylic acids is 2. The van der Waals surface area contributed by atoms with Gasteiger partial charge in [-0.15, -0.1) is 0 Å². The molecule has 0 aromatic heterocycles. The lowest BCUT2D eigenvalue weighted by Crippen LogP contribution is -2.38. The molecule has 0 spiro atoms. The number of hydrogen-bond acceptors (Lipinski definition) is 3. The first-order valence-electron chi connectivity index (χ1n) is 6.88. The summed E-state index contributed by atoms with van der Waals surface area (Å²) >= 11 is 0. The molecule has 5 nitrogen and oxygen atoms in total. The Bertz CT molecular complexity index is 461. The van der Waals surface area contributed by atoms with Crippen molar-refractivity contribution in [2.24, 2.45) is 0 Å². The molecule has 5 heteroatoms. The van der Waals surface area contributed by atoms with E-state index in [-0.39, 0.29) is 18.4 Å². The molecule has 1 fully saturated rings. The molecule has 1 heterocycles. The third kappa shape index (κ3) is 3.98. The highest BCUT2D eigenvalue weighted by atomic mass is 16.5. The van der Waals surface area contributed by atoms with Crippen LogP contribution in [0.1, 0.15) is 13.3 Å². The third-order valence-corrected chi connectivity index (χ3v) is 3.40. The van der Waals surface area contributed by atoms with Gasteiger partial charge >= 0.3 is 0 Å². The van der Waals surface area contributed by atoms with Crippen molar-refractivity contribution in [2.45, 2.75) is 13.3 Å². The minimum Gasteiger partial charge on any atom is -0.484 e. The van der Waals surface area contributed by atoms with Gasteiger partial charge in [0.05, 0.1) is 0 Å². The maximum atomic E-state index is 12.1. The largest absolute Gasteiger partial charge is 0.484 e. The van der Waals surface area contributed by atoms with Crippen molar-refractivity contribution in [1.29, 1.82) is 0 Å².